The molecule has 4 heteroatoms. The number of piperidine rings is 1. The molecule has 0 aromatic heterocycles. The lowest BCUT2D eigenvalue weighted by Crippen LogP contribution is -2.38. The molecule has 72 valence electrons. The Balaban J connectivity index is 2.24. The van der Waals surface area contributed by atoms with Gasteiger partial charge in [-0.05, 0) is 19.3 Å². The summed E-state index contributed by atoms with van der Waals surface area (Å²) in [6, 6.07) is 0.664. The summed E-state index contributed by atoms with van der Waals surface area (Å²) >= 11 is 8.78. The first kappa shape index (κ1) is 10.7. The summed E-state index contributed by atoms with van der Waals surface area (Å²) in [4.78, 5) is 0. The highest BCUT2D eigenvalue weighted by Crippen LogP contribution is 2.18. The van der Waals surface area contributed by atoms with E-state index in [1.807, 2.05) is 0 Å². The summed E-state index contributed by atoms with van der Waals surface area (Å²) in [5.41, 5.74) is 0. The van der Waals surface area contributed by atoms with Crippen molar-refractivity contribution in [3.63, 3.8) is 0 Å². The topological polar surface area (TPSA) is 6.48 Å². The molecule has 1 aliphatic rings. The molecular weight excluding hydrogens is 188 g/mol. The number of thiol groups is 2. The quantitative estimate of drug-likeness (QED) is 0.681. The van der Waals surface area contributed by atoms with Crippen LogP contribution in [-0.2, 0) is 0 Å². The van der Waals surface area contributed by atoms with Crippen LogP contribution in [0.25, 0.3) is 0 Å². The highest BCUT2D eigenvalue weighted by Gasteiger charge is 2.20. The Labute approximate surface area is 86.4 Å². The lowest BCUT2D eigenvalue weighted by Gasteiger charge is -2.33. The molecule has 2 nitrogen and oxygen atoms in total. The van der Waals surface area contributed by atoms with Crippen LogP contribution >= 0.6 is 25.6 Å². The number of hydrogen-bond donors (Lipinski definition) is 2. The van der Waals surface area contributed by atoms with E-state index >= 15 is 0 Å². The van der Waals surface area contributed by atoms with Crippen LogP contribution in [0.15, 0.2) is 0 Å². The van der Waals surface area contributed by atoms with E-state index in [1.165, 1.54) is 19.3 Å². The van der Waals surface area contributed by atoms with E-state index in [-0.39, 0.29) is 0 Å². The zero-order valence-corrected chi connectivity index (χ0v) is 9.40. The maximum Gasteiger partial charge on any atom is 0.0225 e. The Morgan fingerprint density at radius 3 is 2.50 bits per heavy atom. The third-order valence-electron chi connectivity index (χ3n) is 2.32. The van der Waals surface area contributed by atoms with E-state index in [1.54, 1.807) is 0 Å². The van der Waals surface area contributed by atoms with Gasteiger partial charge in [0.05, 0.1) is 0 Å². The molecule has 0 aliphatic carbocycles. The van der Waals surface area contributed by atoms with Crippen LogP contribution in [-0.4, -0.2) is 34.3 Å². The maximum atomic E-state index is 4.47. The van der Waals surface area contributed by atoms with Crippen molar-refractivity contribution < 1.29 is 0 Å². The third-order valence-corrected chi connectivity index (χ3v) is 3.24. The molecule has 12 heavy (non-hydrogen) atoms. The first-order valence-corrected chi connectivity index (χ1v) is 5.43. The lowest BCUT2D eigenvalue weighted by atomic mass is 10.1. The SMILES string of the molecule is CCCN(S)C1CCN(S)CC1. The summed E-state index contributed by atoms with van der Waals surface area (Å²) in [5.74, 6) is 0. The van der Waals surface area contributed by atoms with Gasteiger partial charge < -0.3 is 0 Å². The van der Waals surface area contributed by atoms with Gasteiger partial charge in [-0.25, -0.2) is 0 Å². The summed E-state index contributed by atoms with van der Waals surface area (Å²) in [6.07, 6.45) is 3.59. The van der Waals surface area contributed by atoms with Gasteiger partial charge >= 0.3 is 0 Å². The molecule has 0 radical (unpaired) electrons. The van der Waals surface area contributed by atoms with Gasteiger partial charge in [0.2, 0.25) is 0 Å². The Hall–Kier alpha value is 0.620. The standard InChI is InChI=1S/C8H18N2S2/c1-2-5-10(12)8-3-6-9(11)7-4-8/h8,11-12H,2-7H2,1H3. The first-order chi connectivity index (χ1) is 5.74. The number of nitrogens with zero attached hydrogens (tertiary/aromatic N) is 2. The Bertz CT molecular complexity index is 124. The normalized spacial score (nSPS) is 22.0. The molecule has 0 bridgehead atoms. The predicted octanol–water partition coefficient (Wildman–Crippen LogP) is 1.85. The molecule has 0 amide bonds. The van der Waals surface area contributed by atoms with E-state index in [4.69, 9.17) is 0 Å². The Morgan fingerprint density at radius 1 is 1.42 bits per heavy atom. The first-order valence-electron chi connectivity index (χ1n) is 4.63. The van der Waals surface area contributed by atoms with Crippen LogP contribution < -0.4 is 0 Å². The van der Waals surface area contributed by atoms with Gasteiger partial charge in [0.25, 0.3) is 0 Å². The van der Waals surface area contributed by atoms with Crippen molar-refractivity contribution in [2.24, 2.45) is 0 Å². The fourth-order valence-corrected chi connectivity index (χ4v) is 2.22. The van der Waals surface area contributed by atoms with Gasteiger partial charge in [-0.3, -0.25) is 8.61 Å². The minimum Gasteiger partial charge on any atom is -0.253 e. The average molecular weight is 206 g/mol. The Kier molecular flexibility index (Phi) is 4.79. The zero-order valence-electron chi connectivity index (χ0n) is 7.61. The van der Waals surface area contributed by atoms with E-state index < -0.39 is 0 Å². The molecule has 0 N–H and O–H groups in total. The van der Waals surface area contributed by atoms with E-state index in [0.717, 1.165) is 19.6 Å². The second kappa shape index (κ2) is 5.37. The monoisotopic (exact) mass is 206 g/mol. The van der Waals surface area contributed by atoms with Crippen molar-refractivity contribution in [3.05, 3.63) is 0 Å². The van der Waals surface area contributed by atoms with Crippen LogP contribution in [0.3, 0.4) is 0 Å². The molecule has 0 saturated carbocycles. The molecule has 0 atom stereocenters. The van der Waals surface area contributed by atoms with Gasteiger partial charge in [-0.2, -0.15) is 0 Å². The fourth-order valence-electron chi connectivity index (χ4n) is 1.56. The molecule has 1 saturated heterocycles. The van der Waals surface area contributed by atoms with Gasteiger partial charge in [0, 0.05) is 25.7 Å². The van der Waals surface area contributed by atoms with Crippen LogP contribution in [0.5, 0.6) is 0 Å². The smallest absolute Gasteiger partial charge is 0.0225 e. The second-order valence-corrected chi connectivity index (χ2v) is 4.43. The molecule has 1 heterocycles. The Morgan fingerprint density at radius 2 is 2.00 bits per heavy atom. The van der Waals surface area contributed by atoms with Crippen molar-refractivity contribution in [2.45, 2.75) is 32.2 Å². The zero-order chi connectivity index (χ0) is 8.97. The highest BCUT2D eigenvalue weighted by atomic mass is 32.1. The number of hydrogen-bond acceptors (Lipinski definition) is 4. The predicted molar refractivity (Wildman–Crippen MR) is 59.6 cm³/mol. The minimum atomic E-state index is 0.664. The van der Waals surface area contributed by atoms with Crippen molar-refractivity contribution in [3.8, 4) is 0 Å². The second-order valence-electron chi connectivity index (χ2n) is 3.35. The molecule has 1 fully saturated rings. The lowest BCUT2D eigenvalue weighted by molar-refractivity contribution is 0.242. The van der Waals surface area contributed by atoms with E-state index in [0.29, 0.717) is 6.04 Å². The van der Waals surface area contributed by atoms with Gasteiger partial charge in [0.15, 0.2) is 0 Å². The molecule has 1 aliphatic heterocycles. The summed E-state index contributed by atoms with van der Waals surface area (Å²) in [7, 11) is 0. The fraction of sp³-hybridized carbons (Fsp3) is 1.00. The molecule has 0 aromatic carbocycles. The van der Waals surface area contributed by atoms with Crippen molar-refractivity contribution in [1.29, 1.82) is 0 Å². The number of rotatable bonds is 3. The maximum absolute atomic E-state index is 4.47. The van der Waals surface area contributed by atoms with Crippen LogP contribution in [0.2, 0.25) is 0 Å². The summed E-state index contributed by atoms with van der Waals surface area (Å²) < 4.78 is 4.27. The minimum absolute atomic E-state index is 0.664. The van der Waals surface area contributed by atoms with E-state index in [9.17, 15) is 0 Å². The highest BCUT2D eigenvalue weighted by molar-refractivity contribution is 7.77. The summed E-state index contributed by atoms with van der Waals surface area (Å²) in [6.45, 7) is 5.47. The molecular formula is C8H18N2S2. The van der Waals surface area contributed by atoms with Crippen molar-refractivity contribution in [2.75, 3.05) is 19.6 Å². The summed E-state index contributed by atoms with van der Waals surface area (Å²) in [5, 5.41) is 0. The molecule has 0 aromatic rings. The van der Waals surface area contributed by atoms with Gasteiger partial charge in [-0.15, -0.1) is 0 Å². The third kappa shape index (κ3) is 3.17. The molecule has 0 spiro atoms. The van der Waals surface area contributed by atoms with Gasteiger partial charge in [0.1, 0.15) is 0 Å². The van der Waals surface area contributed by atoms with Crippen LogP contribution in [0.4, 0.5) is 0 Å². The van der Waals surface area contributed by atoms with Crippen LogP contribution in [0.1, 0.15) is 26.2 Å². The molecule has 0 unspecified atom stereocenters. The largest absolute Gasteiger partial charge is 0.253 e. The molecule has 1 rings (SSSR count). The van der Waals surface area contributed by atoms with Crippen molar-refractivity contribution >= 4 is 25.6 Å². The van der Waals surface area contributed by atoms with E-state index in [2.05, 4.69) is 41.2 Å². The average Bonchev–Trinajstić information content (AvgIpc) is 2.06. The van der Waals surface area contributed by atoms with Gasteiger partial charge in [-0.1, -0.05) is 32.6 Å². The van der Waals surface area contributed by atoms with Crippen molar-refractivity contribution in [1.82, 2.24) is 8.61 Å². The van der Waals surface area contributed by atoms with Crippen LogP contribution in [0, 0.1) is 0 Å².